The van der Waals surface area contributed by atoms with Gasteiger partial charge in [-0.15, -0.1) is 0 Å². The molecule has 4 heteroatoms. The fourth-order valence-corrected chi connectivity index (χ4v) is 2.91. The van der Waals surface area contributed by atoms with Gasteiger partial charge in [-0.2, -0.15) is 0 Å². The summed E-state index contributed by atoms with van der Waals surface area (Å²) in [7, 11) is 0. The van der Waals surface area contributed by atoms with Gasteiger partial charge in [-0.3, -0.25) is 0 Å². The molecule has 0 atom stereocenters. The molecule has 1 aromatic heterocycles. The van der Waals surface area contributed by atoms with Crippen LogP contribution in [-0.2, 0) is 6.42 Å². The lowest BCUT2D eigenvalue weighted by molar-refractivity contribution is 0.943. The minimum Gasteiger partial charge on any atom is -0.229 e. The molecule has 0 bridgehead atoms. The average molecular weight is 265 g/mol. The summed E-state index contributed by atoms with van der Waals surface area (Å²) in [6, 6.07) is 8.25. The Labute approximate surface area is 110 Å². The quantitative estimate of drug-likeness (QED) is 0.779. The van der Waals surface area contributed by atoms with Crippen LogP contribution in [0.4, 0.5) is 0 Å². The molecule has 1 aromatic carbocycles. The van der Waals surface area contributed by atoms with Crippen molar-refractivity contribution in [3.05, 3.63) is 46.9 Å². The zero-order valence-corrected chi connectivity index (χ0v) is 11.3. The van der Waals surface area contributed by atoms with E-state index < -0.39 is 0 Å². The van der Waals surface area contributed by atoms with E-state index in [4.69, 9.17) is 11.6 Å². The first-order valence-corrected chi connectivity index (χ1v) is 6.64. The van der Waals surface area contributed by atoms with Crippen molar-refractivity contribution in [2.24, 2.45) is 0 Å². The molecule has 0 aliphatic carbocycles. The molecule has 2 aromatic rings. The fourth-order valence-electron chi connectivity index (χ4n) is 1.54. The summed E-state index contributed by atoms with van der Waals surface area (Å²) in [4.78, 5) is 9.54. The molecule has 0 N–H and O–H groups in total. The lowest BCUT2D eigenvalue weighted by Crippen LogP contribution is -1.94. The van der Waals surface area contributed by atoms with Gasteiger partial charge in [0.05, 0.1) is 0 Å². The number of nitrogens with zero attached hydrogens (tertiary/aromatic N) is 2. The van der Waals surface area contributed by atoms with Crippen molar-refractivity contribution >= 4 is 23.4 Å². The minimum absolute atomic E-state index is 0.554. The number of aryl methyl sites for hydroxylation is 1. The van der Waals surface area contributed by atoms with E-state index in [2.05, 4.69) is 35.9 Å². The molecule has 0 amide bonds. The van der Waals surface area contributed by atoms with Crippen molar-refractivity contribution in [2.75, 3.05) is 0 Å². The standard InChI is InChI=1S/C13H13ClN2S/c1-3-10-12(14)15-8-16-13(10)17-11-7-5-4-6-9(11)2/h4-8H,3H2,1-2H3. The number of aromatic nitrogens is 2. The predicted molar refractivity (Wildman–Crippen MR) is 71.7 cm³/mol. The van der Waals surface area contributed by atoms with E-state index in [-0.39, 0.29) is 0 Å². The zero-order valence-electron chi connectivity index (χ0n) is 9.77. The van der Waals surface area contributed by atoms with Crippen LogP contribution in [-0.4, -0.2) is 9.97 Å². The minimum atomic E-state index is 0.554. The van der Waals surface area contributed by atoms with Gasteiger partial charge in [-0.05, 0) is 25.0 Å². The van der Waals surface area contributed by atoms with Crippen LogP contribution in [0.15, 0.2) is 40.5 Å². The summed E-state index contributed by atoms with van der Waals surface area (Å²) in [5.41, 5.74) is 2.26. The Kier molecular flexibility index (Phi) is 4.02. The maximum atomic E-state index is 6.07. The van der Waals surface area contributed by atoms with E-state index in [9.17, 15) is 0 Å². The van der Waals surface area contributed by atoms with Crippen LogP contribution in [0, 0.1) is 6.92 Å². The second-order valence-corrected chi connectivity index (χ2v) is 5.06. The normalized spacial score (nSPS) is 10.5. The summed E-state index contributed by atoms with van der Waals surface area (Å²) >= 11 is 7.72. The molecule has 0 aliphatic rings. The maximum absolute atomic E-state index is 6.07. The molecule has 1 heterocycles. The molecule has 0 aliphatic heterocycles. The van der Waals surface area contributed by atoms with Crippen LogP contribution >= 0.6 is 23.4 Å². The highest BCUT2D eigenvalue weighted by Gasteiger charge is 2.10. The third kappa shape index (κ3) is 2.79. The molecule has 2 rings (SSSR count). The molecular weight excluding hydrogens is 252 g/mol. The van der Waals surface area contributed by atoms with Gasteiger partial charge in [0.1, 0.15) is 16.5 Å². The second kappa shape index (κ2) is 5.52. The Morgan fingerprint density at radius 2 is 2.00 bits per heavy atom. The predicted octanol–water partition coefficient (Wildman–Crippen LogP) is 4.15. The van der Waals surface area contributed by atoms with Crippen LogP contribution in [0.25, 0.3) is 0 Å². The Morgan fingerprint density at radius 1 is 1.24 bits per heavy atom. The molecule has 17 heavy (non-hydrogen) atoms. The van der Waals surface area contributed by atoms with Crippen LogP contribution in [0.1, 0.15) is 18.1 Å². The molecule has 0 radical (unpaired) electrons. The van der Waals surface area contributed by atoms with Gasteiger partial charge in [0, 0.05) is 10.5 Å². The van der Waals surface area contributed by atoms with E-state index in [0.717, 1.165) is 17.0 Å². The highest BCUT2D eigenvalue weighted by atomic mass is 35.5. The Hall–Kier alpha value is -1.06. The van der Waals surface area contributed by atoms with Gasteiger partial charge in [0.25, 0.3) is 0 Å². The highest BCUT2D eigenvalue weighted by Crippen LogP contribution is 2.32. The molecule has 0 saturated heterocycles. The van der Waals surface area contributed by atoms with Gasteiger partial charge < -0.3 is 0 Å². The third-order valence-electron chi connectivity index (χ3n) is 2.51. The first-order chi connectivity index (χ1) is 8.22. The Balaban J connectivity index is 2.37. The summed E-state index contributed by atoms with van der Waals surface area (Å²) < 4.78 is 0. The summed E-state index contributed by atoms with van der Waals surface area (Å²) in [5.74, 6) is 0. The van der Waals surface area contributed by atoms with Crippen LogP contribution < -0.4 is 0 Å². The van der Waals surface area contributed by atoms with E-state index in [1.165, 1.54) is 16.8 Å². The zero-order chi connectivity index (χ0) is 12.3. The lowest BCUT2D eigenvalue weighted by Gasteiger charge is -2.08. The average Bonchev–Trinajstić information content (AvgIpc) is 2.32. The monoisotopic (exact) mass is 264 g/mol. The molecule has 0 fully saturated rings. The molecule has 0 spiro atoms. The first-order valence-electron chi connectivity index (χ1n) is 5.45. The maximum Gasteiger partial charge on any atom is 0.136 e. The lowest BCUT2D eigenvalue weighted by atomic mass is 10.2. The third-order valence-corrected chi connectivity index (χ3v) is 4.06. The van der Waals surface area contributed by atoms with Crippen LogP contribution in [0.3, 0.4) is 0 Å². The number of benzene rings is 1. The first kappa shape index (κ1) is 12.4. The summed E-state index contributed by atoms with van der Waals surface area (Å²) in [5, 5.41) is 1.50. The summed E-state index contributed by atoms with van der Waals surface area (Å²) in [6.07, 6.45) is 2.36. The largest absolute Gasteiger partial charge is 0.229 e. The fraction of sp³-hybridized carbons (Fsp3) is 0.231. The van der Waals surface area contributed by atoms with Gasteiger partial charge in [-0.1, -0.05) is 48.5 Å². The van der Waals surface area contributed by atoms with Gasteiger partial charge >= 0.3 is 0 Å². The highest BCUT2D eigenvalue weighted by molar-refractivity contribution is 7.99. The molecule has 0 saturated carbocycles. The van der Waals surface area contributed by atoms with Gasteiger partial charge in [0.15, 0.2) is 0 Å². The number of hydrogen-bond acceptors (Lipinski definition) is 3. The Bertz CT molecular complexity index is 529. The Morgan fingerprint density at radius 3 is 2.71 bits per heavy atom. The smallest absolute Gasteiger partial charge is 0.136 e. The van der Waals surface area contributed by atoms with Crippen molar-refractivity contribution in [3.63, 3.8) is 0 Å². The molecule has 0 unspecified atom stereocenters. The van der Waals surface area contributed by atoms with Crippen molar-refractivity contribution < 1.29 is 0 Å². The SMILES string of the molecule is CCc1c(Cl)ncnc1Sc1ccccc1C. The van der Waals surface area contributed by atoms with E-state index in [0.29, 0.717) is 5.15 Å². The summed E-state index contributed by atoms with van der Waals surface area (Å²) in [6.45, 7) is 4.16. The van der Waals surface area contributed by atoms with E-state index in [1.54, 1.807) is 11.8 Å². The molecule has 88 valence electrons. The molecule has 2 nitrogen and oxygen atoms in total. The van der Waals surface area contributed by atoms with E-state index >= 15 is 0 Å². The molecular formula is C13H13ClN2S. The van der Waals surface area contributed by atoms with Crippen LogP contribution in [0.2, 0.25) is 5.15 Å². The van der Waals surface area contributed by atoms with Crippen molar-refractivity contribution in [3.8, 4) is 0 Å². The van der Waals surface area contributed by atoms with Crippen molar-refractivity contribution in [1.29, 1.82) is 0 Å². The number of rotatable bonds is 3. The van der Waals surface area contributed by atoms with Crippen molar-refractivity contribution in [2.45, 2.75) is 30.2 Å². The van der Waals surface area contributed by atoms with Crippen LogP contribution in [0.5, 0.6) is 0 Å². The topological polar surface area (TPSA) is 25.8 Å². The van der Waals surface area contributed by atoms with Gasteiger partial charge in [-0.25, -0.2) is 9.97 Å². The number of halogens is 1. The van der Waals surface area contributed by atoms with E-state index in [1.807, 2.05) is 12.1 Å². The number of hydrogen-bond donors (Lipinski definition) is 0. The second-order valence-electron chi connectivity index (χ2n) is 3.67. The van der Waals surface area contributed by atoms with Crippen molar-refractivity contribution in [1.82, 2.24) is 9.97 Å². The van der Waals surface area contributed by atoms with Gasteiger partial charge in [0.2, 0.25) is 0 Å².